The lowest BCUT2D eigenvalue weighted by molar-refractivity contribution is -0.142. The Balaban J connectivity index is 1.68. The van der Waals surface area contributed by atoms with Crippen molar-refractivity contribution in [1.82, 2.24) is 4.90 Å². The molecule has 0 bridgehead atoms. The lowest BCUT2D eigenvalue weighted by Gasteiger charge is -2.35. The topological polar surface area (TPSA) is 29.5 Å². The zero-order valence-electron chi connectivity index (χ0n) is 16.3. The average molecular weight is 451 g/mol. The van der Waals surface area contributed by atoms with Gasteiger partial charge in [-0.05, 0) is 23.6 Å². The molecule has 4 rings (SSSR count). The maximum Gasteiger partial charge on any atom is 0.329 e. The van der Waals surface area contributed by atoms with Crippen LogP contribution in [0.1, 0.15) is 16.7 Å². The van der Waals surface area contributed by atoms with Gasteiger partial charge >= 0.3 is 5.97 Å². The second-order valence-electron chi connectivity index (χ2n) is 7.31. The highest BCUT2D eigenvalue weighted by atomic mass is 19.2. The van der Waals surface area contributed by atoms with Crippen molar-refractivity contribution < 1.29 is 35.9 Å². The minimum absolute atomic E-state index is 0.0405. The SMILES string of the molecule is O=C(Oc1c(F)c(F)c(F)c(F)c1F)[C@@H]1Cc2ccccc2CN1Cc1ccccc1F. The normalized spacial score (nSPS) is 16.0. The van der Waals surface area contributed by atoms with Crippen molar-refractivity contribution in [3.8, 4) is 5.75 Å². The van der Waals surface area contributed by atoms with Crippen molar-refractivity contribution in [3.63, 3.8) is 0 Å². The van der Waals surface area contributed by atoms with E-state index in [1.807, 2.05) is 6.07 Å². The third-order valence-corrected chi connectivity index (χ3v) is 5.32. The van der Waals surface area contributed by atoms with E-state index in [0.717, 1.165) is 11.1 Å². The molecule has 0 fully saturated rings. The van der Waals surface area contributed by atoms with E-state index in [1.54, 1.807) is 24.3 Å². The van der Waals surface area contributed by atoms with E-state index in [0.29, 0.717) is 0 Å². The van der Waals surface area contributed by atoms with Crippen LogP contribution in [0.25, 0.3) is 0 Å². The van der Waals surface area contributed by atoms with Gasteiger partial charge in [-0.2, -0.15) is 8.78 Å². The summed E-state index contributed by atoms with van der Waals surface area (Å²) >= 11 is 0. The standard InChI is InChI=1S/C23H15F6NO2/c24-15-8-4-3-7-14(15)11-30-10-13-6-2-1-5-12(13)9-16(30)23(31)32-22-20(28)18(26)17(25)19(27)21(22)29/h1-8,16H,9-11H2/t16-/m0/s1. The largest absolute Gasteiger partial charge is 0.419 e. The third-order valence-electron chi connectivity index (χ3n) is 5.32. The molecule has 3 nitrogen and oxygen atoms in total. The lowest BCUT2D eigenvalue weighted by atomic mass is 9.93. The van der Waals surface area contributed by atoms with E-state index in [4.69, 9.17) is 0 Å². The van der Waals surface area contributed by atoms with Crippen molar-refractivity contribution >= 4 is 5.97 Å². The van der Waals surface area contributed by atoms with Crippen LogP contribution in [-0.2, 0) is 24.3 Å². The first-order valence-corrected chi connectivity index (χ1v) is 9.55. The maximum atomic E-state index is 14.2. The van der Waals surface area contributed by atoms with Crippen LogP contribution in [0.3, 0.4) is 0 Å². The highest BCUT2D eigenvalue weighted by Crippen LogP contribution is 2.31. The van der Waals surface area contributed by atoms with Gasteiger partial charge < -0.3 is 4.74 Å². The number of fused-ring (bicyclic) bond motifs is 1. The first-order chi connectivity index (χ1) is 15.3. The summed E-state index contributed by atoms with van der Waals surface area (Å²) in [6.45, 7) is 0.138. The minimum Gasteiger partial charge on any atom is -0.419 e. The van der Waals surface area contributed by atoms with Gasteiger partial charge in [-0.15, -0.1) is 0 Å². The highest BCUT2D eigenvalue weighted by Gasteiger charge is 2.36. The first-order valence-electron chi connectivity index (χ1n) is 9.55. The molecule has 3 aromatic rings. The van der Waals surface area contributed by atoms with Gasteiger partial charge in [-0.3, -0.25) is 4.90 Å². The van der Waals surface area contributed by atoms with Gasteiger partial charge in [0.25, 0.3) is 0 Å². The molecular formula is C23H15F6NO2. The van der Waals surface area contributed by atoms with Gasteiger partial charge in [-0.25, -0.2) is 22.4 Å². The van der Waals surface area contributed by atoms with E-state index in [1.165, 1.54) is 23.1 Å². The van der Waals surface area contributed by atoms with Crippen molar-refractivity contribution in [3.05, 3.63) is 100 Å². The number of halogens is 6. The van der Waals surface area contributed by atoms with Crippen molar-refractivity contribution in [2.45, 2.75) is 25.6 Å². The van der Waals surface area contributed by atoms with Crippen LogP contribution in [0.2, 0.25) is 0 Å². The maximum absolute atomic E-state index is 14.2. The molecule has 0 unspecified atom stereocenters. The quantitative estimate of drug-likeness (QED) is 0.183. The lowest BCUT2D eigenvalue weighted by Crippen LogP contribution is -2.47. The number of hydrogen-bond acceptors (Lipinski definition) is 3. The fourth-order valence-electron chi connectivity index (χ4n) is 3.66. The predicted molar refractivity (Wildman–Crippen MR) is 101 cm³/mol. The number of rotatable bonds is 4. The molecule has 1 aliphatic rings. The van der Waals surface area contributed by atoms with Gasteiger partial charge in [0.2, 0.25) is 34.8 Å². The molecule has 0 saturated carbocycles. The molecule has 166 valence electrons. The number of carbonyl (C=O) groups is 1. The average Bonchev–Trinajstić information content (AvgIpc) is 2.80. The van der Waals surface area contributed by atoms with Crippen LogP contribution >= 0.6 is 0 Å². The Morgan fingerprint density at radius 2 is 1.38 bits per heavy atom. The van der Waals surface area contributed by atoms with E-state index < -0.39 is 52.7 Å². The first kappa shape index (κ1) is 21.9. The molecular weight excluding hydrogens is 436 g/mol. The fraction of sp³-hybridized carbons (Fsp3) is 0.174. The summed E-state index contributed by atoms with van der Waals surface area (Å²) in [6.07, 6.45) is 0.0405. The van der Waals surface area contributed by atoms with Gasteiger partial charge in [0.15, 0.2) is 0 Å². The third kappa shape index (κ3) is 3.95. The van der Waals surface area contributed by atoms with Crippen LogP contribution in [0.15, 0.2) is 48.5 Å². The van der Waals surface area contributed by atoms with Crippen LogP contribution in [0.5, 0.6) is 5.75 Å². The Hall–Kier alpha value is -3.33. The summed E-state index contributed by atoms with van der Waals surface area (Å²) in [5, 5.41) is 0. The molecule has 0 aromatic heterocycles. The number of benzene rings is 3. The summed E-state index contributed by atoms with van der Waals surface area (Å²) in [5.41, 5.74) is 1.86. The number of nitrogens with zero attached hydrogens (tertiary/aromatic N) is 1. The monoisotopic (exact) mass is 451 g/mol. The zero-order chi connectivity index (χ0) is 23.0. The summed E-state index contributed by atoms with van der Waals surface area (Å²) < 4.78 is 87.1. The predicted octanol–water partition coefficient (Wildman–Crippen LogP) is 5.05. The van der Waals surface area contributed by atoms with E-state index in [9.17, 15) is 31.1 Å². The van der Waals surface area contributed by atoms with Crippen molar-refractivity contribution in [1.29, 1.82) is 0 Å². The van der Waals surface area contributed by atoms with Crippen LogP contribution in [0.4, 0.5) is 26.3 Å². The summed E-state index contributed by atoms with van der Waals surface area (Å²) in [5.74, 6) is -14.7. The Morgan fingerprint density at radius 3 is 2.03 bits per heavy atom. The zero-order valence-corrected chi connectivity index (χ0v) is 16.3. The molecule has 0 saturated heterocycles. The number of hydrogen-bond donors (Lipinski definition) is 0. The van der Waals surface area contributed by atoms with E-state index >= 15 is 0 Å². The molecule has 1 atom stereocenters. The smallest absolute Gasteiger partial charge is 0.329 e. The van der Waals surface area contributed by atoms with Crippen molar-refractivity contribution in [2.75, 3.05) is 0 Å². The number of esters is 1. The molecule has 0 amide bonds. The van der Waals surface area contributed by atoms with Crippen LogP contribution < -0.4 is 4.74 Å². The molecule has 1 aliphatic heterocycles. The number of carbonyl (C=O) groups excluding carboxylic acids is 1. The molecule has 3 aromatic carbocycles. The van der Waals surface area contributed by atoms with Gasteiger partial charge in [0, 0.05) is 18.7 Å². The second kappa shape index (κ2) is 8.66. The Labute approximate surface area is 178 Å². The summed E-state index contributed by atoms with van der Waals surface area (Å²) in [4.78, 5) is 14.4. The number of ether oxygens (including phenoxy) is 1. The summed E-state index contributed by atoms with van der Waals surface area (Å²) in [7, 11) is 0. The molecule has 0 N–H and O–H groups in total. The molecule has 32 heavy (non-hydrogen) atoms. The highest BCUT2D eigenvalue weighted by molar-refractivity contribution is 5.79. The fourth-order valence-corrected chi connectivity index (χ4v) is 3.66. The van der Waals surface area contributed by atoms with Crippen LogP contribution in [-0.4, -0.2) is 16.9 Å². The Bertz CT molecular complexity index is 1170. The van der Waals surface area contributed by atoms with Gasteiger partial charge in [0.05, 0.1) is 0 Å². The Morgan fingerprint density at radius 1 is 0.812 bits per heavy atom. The van der Waals surface area contributed by atoms with E-state index in [2.05, 4.69) is 4.74 Å². The van der Waals surface area contributed by atoms with Gasteiger partial charge in [-0.1, -0.05) is 42.5 Å². The molecule has 0 radical (unpaired) electrons. The molecule has 0 aliphatic carbocycles. The van der Waals surface area contributed by atoms with Crippen molar-refractivity contribution in [2.24, 2.45) is 0 Å². The van der Waals surface area contributed by atoms with Gasteiger partial charge in [0.1, 0.15) is 11.9 Å². The van der Waals surface area contributed by atoms with E-state index in [-0.39, 0.29) is 25.1 Å². The minimum atomic E-state index is -2.35. The molecule has 1 heterocycles. The molecule has 9 heteroatoms. The van der Waals surface area contributed by atoms with Crippen LogP contribution in [0, 0.1) is 34.9 Å². The molecule has 0 spiro atoms. The Kier molecular flexibility index (Phi) is 5.92. The second-order valence-corrected chi connectivity index (χ2v) is 7.31. The summed E-state index contributed by atoms with van der Waals surface area (Å²) in [6, 6.07) is 11.8.